The van der Waals surface area contributed by atoms with Crippen LogP contribution in [0.2, 0.25) is 0 Å². The number of ether oxygens (including phenoxy) is 1. The Morgan fingerprint density at radius 2 is 2.05 bits per heavy atom. The number of benzene rings is 1. The SMILES string of the molecule is CCOC(=O)c1cnc2cc(F)c(F)c(F)c2c1N. The Kier molecular flexibility index (Phi) is 3.28. The summed E-state index contributed by atoms with van der Waals surface area (Å²) in [4.78, 5) is 15.2. The van der Waals surface area contributed by atoms with Gasteiger partial charge in [-0.25, -0.2) is 18.0 Å². The number of fused-ring (bicyclic) bond motifs is 1. The summed E-state index contributed by atoms with van der Waals surface area (Å²) in [5, 5.41) is -0.440. The second kappa shape index (κ2) is 4.75. The summed E-state index contributed by atoms with van der Waals surface area (Å²) in [6, 6.07) is 0.707. The van der Waals surface area contributed by atoms with Gasteiger partial charge in [-0.3, -0.25) is 4.98 Å². The second-order valence-corrected chi connectivity index (χ2v) is 3.69. The fourth-order valence-corrected chi connectivity index (χ4v) is 1.65. The first-order valence-corrected chi connectivity index (χ1v) is 5.36. The molecule has 0 amide bonds. The Balaban J connectivity index is 2.74. The molecule has 1 aromatic heterocycles. The molecule has 0 unspecified atom stereocenters. The van der Waals surface area contributed by atoms with Crippen molar-refractivity contribution in [3.8, 4) is 0 Å². The smallest absolute Gasteiger partial charge is 0.341 e. The van der Waals surface area contributed by atoms with Crippen molar-refractivity contribution in [2.24, 2.45) is 0 Å². The highest BCUT2D eigenvalue weighted by molar-refractivity contribution is 6.04. The number of carbonyl (C=O) groups is 1. The number of esters is 1. The van der Waals surface area contributed by atoms with Gasteiger partial charge in [0, 0.05) is 12.3 Å². The lowest BCUT2D eigenvalue weighted by molar-refractivity contribution is 0.0527. The van der Waals surface area contributed by atoms with Crippen molar-refractivity contribution >= 4 is 22.6 Å². The van der Waals surface area contributed by atoms with Crippen LogP contribution >= 0.6 is 0 Å². The van der Waals surface area contributed by atoms with E-state index in [1.54, 1.807) is 6.92 Å². The van der Waals surface area contributed by atoms with Crippen LogP contribution in [-0.2, 0) is 4.74 Å². The molecule has 4 nitrogen and oxygen atoms in total. The van der Waals surface area contributed by atoms with E-state index in [0.717, 1.165) is 6.20 Å². The third-order valence-electron chi connectivity index (χ3n) is 2.53. The molecule has 2 rings (SSSR count). The maximum absolute atomic E-state index is 13.7. The first-order valence-electron chi connectivity index (χ1n) is 5.36. The molecule has 0 aliphatic carbocycles. The highest BCUT2D eigenvalue weighted by atomic mass is 19.2. The van der Waals surface area contributed by atoms with E-state index in [2.05, 4.69) is 4.98 Å². The molecule has 2 N–H and O–H groups in total. The third kappa shape index (κ3) is 2.07. The minimum atomic E-state index is -1.66. The van der Waals surface area contributed by atoms with Crippen molar-refractivity contribution in [3.05, 3.63) is 35.3 Å². The standard InChI is InChI=1S/C12H9F3N2O2/c1-2-19-12(18)5-4-17-7-3-6(13)9(14)10(15)8(7)11(5)16/h3-4H,2H2,1H3,(H2,16,17). The van der Waals surface area contributed by atoms with Crippen LogP contribution in [0.1, 0.15) is 17.3 Å². The molecule has 0 spiro atoms. The van der Waals surface area contributed by atoms with Gasteiger partial charge < -0.3 is 10.5 Å². The Labute approximate surface area is 106 Å². The quantitative estimate of drug-likeness (QED) is 0.672. The molecule has 2 aromatic rings. The van der Waals surface area contributed by atoms with E-state index in [-0.39, 0.29) is 23.4 Å². The monoisotopic (exact) mass is 270 g/mol. The summed E-state index contributed by atoms with van der Waals surface area (Å²) in [5.41, 5.74) is 4.89. The maximum atomic E-state index is 13.7. The van der Waals surface area contributed by atoms with Crippen molar-refractivity contribution in [2.75, 3.05) is 12.3 Å². The fourth-order valence-electron chi connectivity index (χ4n) is 1.65. The van der Waals surface area contributed by atoms with Crippen LogP contribution in [-0.4, -0.2) is 17.6 Å². The average molecular weight is 270 g/mol. The fraction of sp³-hybridized carbons (Fsp3) is 0.167. The summed E-state index contributed by atoms with van der Waals surface area (Å²) in [7, 11) is 0. The molecular formula is C12H9F3N2O2. The summed E-state index contributed by atoms with van der Waals surface area (Å²) in [6.07, 6.45) is 1.03. The molecule has 0 atom stereocenters. The maximum Gasteiger partial charge on any atom is 0.341 e. The number of anilines is 1. The van der Waals surface area contributed by atoms with Crippen molar-refractivity contribution in [2.45, 2.75) is 6.92 Å². The molecule has 0 bridgehead atoms. The van der Waals surface area contributed by atoms with Crippen molar-refractivity contribution in [1.82, 2.24) is 4.98 Å². The molecule has 0 fully saturated rings. The van der Waals surface area contributed by atoms with Crippen LogP contribution in [0.25, 0.3) is 10.9 Å². The minimum absolute atomic E-state index is 0.0938. The van der Waals surface area contributed by atoms with Crippen LogP contribution < -0.4 is 5.73 Å². The number of aromatic nitrogens is 1. The molecule has 1 aromatic carbocycles. The molecule has 0 saturated heterocycles. The number of halogens is 3. The highest BCUT2D eigenvalue weighted by Crippen LogP contribution is 2.29. The summed E-state index contributed by atoms with van der Waals surface area (Å²) in [5.74, 6) is -5.33. The number of carbonyl (C=O) groups excluding carboxylic acids is 1. The second-order valence-electron chi connectivity index (χ2n) is 3.69. The Morgan fingerprint density at radius 3 is 2.68 bits per heavy atom. The number of hydrogen-bond acceptors (Lipinski definition) is 4. The average Bonchev–Trinajstić information content (AvgIpc) is 2.36. The van der Waals surface area contributed by atoms with Gasteiger partial charge in [-0.15, -0.1) is 0 Å². The normalized spacial score (nSPS) is 10.7. The highest BCUT2D eigenvalue weighted by Gasteiger charge is 2.21. The van der Waals surface area contributed by atoms with Gasteiger partial charge in [0.2, 0.25) is 0 Å². The number of nitrogen functional groups attached to an aromatic ring is 1. The van der Waals surface area contributed by atoms with Crippen molar-refractivity contribution in [3.63, 3.8) is 0 Å². The predicted octanol–water partition coefficient (Wildman–Crippen LogP) is 2.41. The Hall–Kier alpha value is -2.31. The van der Waals surface area contributed by atoms with Crippen LogP contribution in [0.15, 0.2) is 12.3 Å². The minimum Gasteiger partial charge on any atom is -0.462 e. The largest absolute Gasteiger partial charge is 0.462 e. The van der Waals surface area contributed by atoms with Crippen LogP contribution in [0.3, 0.4) is 0 Å². The van der Waals surface area contributed by atoms with E-state index >= 15 is 0 Å². The Bertz CT molecular complexity index is 674. The van der Waals surface area contributed by atoms with Gasteiger partial charge in [0.05, 0.1) is 23.2 Å². The predicted molar refractivity (Wildman–Crippen MR) is 62.0 cm³/mol. The molecule has 0 aliphatic rings. The van der Waals surface area contributed by atoms with Crippen molar-refractivity contribution in [1.29, 1.82) is 0 Å². The first kappa shape index (κ1) is 13.1. The van der Waals surface area contributed by atoms with Gasteiger partial charge in [0.25, 0.3) is 0 Å². The molecule has 0 aliphatic heterocycles. The summed E-state index contributed by atoms with van der Waals surface area (Å²) in [6.45, 7) is 1.68. The molecule has 7 heteroatoms. The summed E-state index contributed by atoms with van der Waals surface area (Å²) < 4.78 is 44.6. The van der Waals surface area contributed by atoms with E-state index in [0.29, 0.717) is 6.07 Å². The van der Waals surface area contributed by atoms with Gasteiger partial charge in [-0.1, -0.05) is 0 Å². The van der Waals surface area contributed by atoms with Gasteiger partial charge >= 0.3 is 5.97 Å². The zero-order chi connectivity index (χ0) is 14.2. The molecule has 0 saturated carbocycles. The first-order chi connectivity index (χ1) is 8.97. The number of rotatable bonds is 2. The molecule has 100 valence electrons. The van der Waals surface area contributed by atoms with Crippen LogP contribution in [0, 0.1) is 17.5 Å². The lowest BCUT2D eigenvalue weighted by atomic mass is 10.1. The molecule has 19 heavy (non-hydrogen) atoms. The zero-order valence-electron chi connectivity index (χ0n) is 9.84. The van der Waals surface area contributed by atoms with E-state index in [9.17, 15) is 18.0 Å². The van der Waals surface area contributed by atoms with E-state index in [1.165, 1.54) is 0 Å². The van der Waals surface area contributed by atoms with Crippen LogP contribution in [0.5, 0.6) is 0 Å². The van der Waals surface area contributed by atoms with Gasteiger partial charge in [-0.2, -0.15) is 0 Å². The van der Waals surface area contributed by atoms with Gasteiger partial charge in [0.1, 0.15) is 5.56 Å². The Morgan fingerprint density at radius 1 is 1.37 bits per heavy atom. The van der Waals surface area contributed by atoms with E-state index in [1.807, 2.05) is 0 Å². The van der Waals surface area contributed by atoms with Crippen LogP contribution in [0.4, 0.5) is 18.9 Å². The number of pyridine rings is 1. The van der Waals surface area contributed by atoms with Gasteiger partial charge in [-0.05, 0) is 6.92 Å². The third-order valence-corrected chi connectivity index (χ3v) is 2.53. The molecular weight excluding hydrogens is 261 g/mol. The van der Waals surface area contributed by atoms with E-state index < -0.39 is 28.8 Å². The zero-order valence-corrected chi connectivity index (χ0v) is 9.84. The number of hydrogen-bond donors (Lipinski definition) is 1. The summed E-state index contributed by atoms with van der Waals surface area (Å²) >= 11 is 0. The topological polar surface area (TPSA) is 65.2 Å². The lowest BCUT2D eigenvalue weighted by Gasteiger charge is -2.09. The van der Waals surface area contributed by atoms with Gasteiger partial charge in [0.15, 0.2) is 17.5 Å². The van der Waals surface area contributed by atoms with E-state index in [4.69, 9.17) is 10.5 Å². The molecule has 0 radical (unpaired) electrons. The lowest BCUT2D eigenvalue weighted by Crippen LogP contribution is -2.10. The molecule has 1 heterocycles. The number of nitrogens with two attached hydrogens (primary N) is 1. The van der Waals surface area contributed by atoms with Crippen molar-refractivity contribution < 1.29 is 22.7 Å². The number of nitrogens with zero attached hydrogens (tertiary/aromatic N) is 1.